The first-order valence-corrected chi connectivity index (χ1v) is 10.3. The first-order chi connectivity index (χ1) is 15.1. The SMILES string of the molecule is O=C(C[C@@H](CN1CCN(Cc2ccccn2)CC1)C(=O)O)Nc1ccc2c(c1)OCO2. The van der Waals surface area contributed by atoms with Gasteiger partial charge in [0.25, 0.3) is 0 Å². The van der Waals surface area contributed by atoms with Gasteiger partial charge in [0.15, 0.2) is 11.5 Å². The number of carboxylic acid groups (broad SMARTS) is 1. The number of amides is 1. The molecule has 9 heteroatoms. The molecule has 164 valence electrons. The summed E-state index contributed by atoms with van der Waals surface area (Å²) in [5, 5.41) is 12.4. The topological polar surface area (TPSA) is 104 Å². The van der Waals surface area contributed by atoms with Crippen molar-refractivity contribution in [3.63, 3.8) is 0 Å². The number of hydrogen-bond acceptors (Lipinski definition) is 7. The van der Waals surface area contributed by atoms with E-state index in [1.54, 1.807) is 24.4 Å². The average molecular weight is 426 g/mol. The lowest BCUT2D eigenvalue weighted by Gasteiger charge is -2.35. The molecule has 1 fully saturated rings. The summed E-state index contributed by atoms with van der Waals surface area (Å²) >= 11 is 0. The van der Waals surface area contributed by atoms with Crippen LogP contribution >= 0.6 is 0 Å². The van der Waals surface area contributed by atoms with E-state index in [0.717, 1.165) is 38.4 Å². The summed E-state index contributed by atoms with van der Waals surface area (Å²) < 4.78 is 10.6. The van der Waals surface area contributed by atoms with E-state index in [1.807, 2.05) is 18.2 Å². The summed E-state index contributed by atoms with van der Waals surface area (Å²) in [5.74, 6) is -0.868. The van der Waals surface area contributed by atoms with Gasteiger partial charge < -0.3 is 19.9 Å². The zero-order chi connectivity index (χ0) is 21.6. The number of nitrogens with zero attached hydrogens (tertiary/aromatic N) is 3. The van der Waals surface area contributed by atoms with Crippen molar-refractivity contribution in [1.29, 1.82) is 0 Å². The van der Waals surface area contributed by atoms with Crippen LogP contribution in [0, 0.1) is 5.92 Å². The number of rotatable bonds is 8. The minimum atomic E-state index is -0.961. The number of benzene rings is 1. The molecule has 2 aliphatic rings. The maximum Gasteiger partial charge on any atom is 0.308 e. The minimum Gasteiger partial charge on any atom is -0.481 e. The maximum absolute atomic E-state index is 12.4. The van der Waals surface area contributed by atoms with Crippen molar-refractivity contribution in [1.82, 2.24) is 14.8 Å². The second-order valence-electron chi connectivity index (χ2n) is 7.75. The fourth-order valence-electron chi connectivity index (χ4n) is 3.80. The Kier molecular flexibility index (Phi) is 6.63. The van der Waals surface area contributed by atoms with Gasteiger partial charge in [-0.15, -0.1) is 0 Å². The largest absolute Gasteiger partial charge is 0.481 e. The number of fused-ring (bicyclic) bond motifs is 1. The molecule has 2 N–H and O–H groups in total. The molecular formula is C22H26N4O5. The van der Waals surface area contributed by atoms with E-state index in [9.17, 15) is 14.7 Å². The molecule has 0 spiro atoms. The fourth-order valence-corrected chi connectivity index (χ4v) is 3.80. The highest BCUT2D eigenvalue weighted by Crippen LogP contribution is 2.34. The molecule has 0 saturated carbocycles. The molecule has 1 aromatic heterocycles. The lowest BCUT2D eigenvalue weighted by molar-refractivity contribution is -0.144. The molecule has 4 rings (SSSR count). The predicted molar refractivity (Wildman–Crippen MR) is 113 cm³/mol. The van der Waals surface area contributed by atoms with Gasteiger partial charge in [0.2, 0.25) is 12.7 Å². The zero-order valence-corrected chi connectivity index (χ0v) is 17.2. The summed E-state index contributed by atoms with van der Waals surface area (Å²) in [7, 11) is 0. The minimum absolute atomic E-state index is 0.0854. The van der Waals surface area contributed by atoms with Gasteiger partial charge >= 0.3 is 5.97 Å². The molecule has 3 heterocycles. The first-order valence-electron chi connectivity index (χ1n) is 10.3. The number of hydrogen-bond donors (Lipinski definition) is 2. The van der Waals surface area contributed by atoms with Gasteiger partial charge in [-0.05, 0) is 24.3 Å². The summed E-state index contributed by atoms with van der Waals surface area (Å²) in [4.78, 5) is 33.0. The molecule has 1 atom stereocenters. The number of pyridine rings is 1. The highest BCUT2D eigenvalue weighted by molar-refractivity contribution is 5.93. The quantitative estimate of drug-likeness (QED) is 0.657. The molecule has 1 aromatic carbocycles. The van der Waals surface area contributed by atoms with Crippen molar-refractivity contribution in [3.8, 4) is 11.5 Å². The van der Waals surface area contributed by atoms with Crippen LogP contribution in [0.15, 0.2) is 42.6 Å². The van der Waals surface area contributed by atoms with Crippen LogP contribution in [0.1, 0.15) is 12.1 Å². The van der Waals surface area contributed by atoms with Crippen molar-refractivity contribution in [3.05, 3.63) is 48.3 Å². The second-order valence-corrected chi connectivity index (χ2v) is 7.75. The molecule has 0 bridgehead atoms. The van der Waals surface area contributed by atoms with Crippen LogP contribution < -0.4 is 14.8 Å². The van der Waals surface area contributed by atoms with Crippen molar-refractivity contribution >= 4 is 17.6 Å². The van der Waals surface area contributed by atoms with Crippen LogP contribution in [0.3, 0.4) is 0 Å². The number of aliphatic carboxylic acids is 1. The molecule has 0 unspecified atom stereocenters. The van der Waals surface area contributed by atoms with Gasteiger partial charge in [-0.25, -0.2) is 0 Å². The van der Waals surface area contributed by atoms with Crippen LogP contribution in [0.25, 0.3) is 0 Å². The van der Waals surface area contributed by atoms with Crippen molar-refractivity contribution < 1.29 is 24.2 Å². The molecule has 0 aliphatic carbocycles. The van der Waals surface area contributed by atoms with Gasteiger partial charge in [0.05, 0.1) is 11.6 Å². The van der Waals surface area contributed by atoms with Gasteiger partial charge in [-0.1, -0.05) is 6.07 Å². The van der Waals surface area contributed by atoms with Gasteiger partial charge in [-0.3, -0.25) is 24.4 Å². The van der Waals surface area contributed by atoms with Crippen LogP contribution in [-0.2, 0) is 16.1 Å². The lowest BCUT2D eigenvalue weighted by atomic mass is 10.0. The number of carbonyl (C=O) groups excluding carboxylic acids is 1. The number of ether oxygens (including phenoxy) is 2. The predicted octanol–water partition coefficient (Wildman–Crippen LogP) is 1.66. The number of carboxylic acids is 1. The average Bonchev–Trinajstić information content (AvgIpc) is 3.23. The maximum atomic E-state index is 12.4. The standard InChI is InChI=1S/C22H26N4O5/c27-21(24-17-4-5-19-20(12-17)31-15-30-19)11-16(22(28)29)13-25-7-9-26(10-8-25)14-18-3-1-2-6-23-18/h1-6,12,16H,7-11,13-15H2,(H,24,27)(H,28,29)/t16-/m0/s1. The molecule has 0 radical (unpaired) electrons. The van der Waals surface area contributed by atoms with E-state index in [0.29, 0.717) is 23.7 Å². The number of piperazine rings is 1. The molecule has 2 aliphatic heterocycles. The van der Waals surface area contributed by atoms with E-state index >= 15 is 0 Å². The zero-order valence-electron chi connectivity index (χ0n) is 17.2. The Labute approximate surface area is 180 Å². The van der Waals surface area contributed by atoms with Crippen LogP contribution in [0.5, 0.6) is 11.5 Å². The summed E-state index contributed by atoms with van der Waals surface area (Å²) in [5.41, 5.74) is 1.58. The van der Waals surface area contributed by atoms with Gasteiger partial charge in [0, 0.05) is 63.6 Å². The Morgan fingerprint density at radius 3 is 2.58 bits per heavy atom. The number of anilines is 1. The lowest BCUT2D eigenvalue weighted by Crippen LogP contribution is -2.48. The Morgan fingerprint density at radius 1 is 1.06 bits per heavy atom. The highest BCUT2D eigenvalue weighted by atomic mass is 16.7. The second kappa shape index (κ2) is 9.76. The van der Waals surface area contributed by atoms with Crippen molar-refractivity contribution in [2.75, 3.05) is 44.8 Å². The summed E-state index contributed by atoms with van der Waals surface area (Å²) in [6.45, 7) is 4.50. The molecule has 1 saturated heterocycles. The smallest absolute Gasteiger partial charge is 0.308 e. The van der Waals surface area contributed by atoms with Gasteiger partial charge in [0.1, 0.15) is 0 Å². The monoisotopic (exact) mass is 426 g/mol. The van der Waals surface area contributed by atoms with Gasteiger partial charge in [-0.2, -0.15) is 0 Å². The first kappa shape index (κ1) is 21.1. The van der Waals surface area contributed by atoms with Crippen LogP contribution in [-0.4, -0.2) is 71.3 Å². The Hall–Kier alpha value is -3.17. The normalized spacial score (nSPS) is 17.3. The Balaban J connectivity index is 1.25. The summed E-state index contributed by atoms with van der Waals surface area (Å²) in [6, 6.07) is 11.0. The van der Waals surface area contributed by atoms with Crippen LogP contribution in [0.4, 0.5) is 5.69 Å². The van der Waals surface area contributed by atoms with E-state index in [2.05, 4.69) is 20.1 Å². The van der Waals surface area contributed by atoms with E-state index < -0.39 is 11.9 Å². The van der Waals surface area contributed by atoms with E-state index in [1.165, 1.54) is 0 Å². The number of nitrogens with one attached hydrogen (secondary N) is 1. The van der Waals surface area contributed by atoms with E-state index in [4.69, 9.17) is 9.47 Å². The molecule has 31 heavy (non-hydrogen) atoms. The molecular weight excluding hydrogens is 400 g/mol. The van der Waals surface area contributed by atoms with Crippen LogP contribution in [0.2, 0.25) is 0 Å². The fraction of sp³-hybridized carbons (Fsp3) is 0.409. The van der Waals surface area contributed by atoms with Crippen molar-refractivity contribution in [2.45, 2.75) is 13.0 Å². The van der Waals surface area contributed by atoms with E-state index in [-0.39, 0.29) is 19.1 Å². The third-order valence-corrected chi connectivity index (χ3v) is 5.49. The van der Waals surface area contributed by atoms with Crippen molar-refractivity contribution in [2.24, 2.45) is 5.92 Å². The number of aromatic nitrogens is 1. The Bertz CT molecular complexity index is 915. The summed E-state index contributed by atoms with van der Waals surface area (Å²) in [6.07, 6.45) is 1.70. The third kappa shape index (κ3) is 5.71. The third-order valence-electron chi connectivity index (χ3n) is 5.49. The number of carbonyl (C=O) groups is 2. The highest BCUT2D eigenvalue weighted by Gasteiger charge is 2.27. The molecule has 2 aromatic rings. The Morgan fingerprint density at radius 2 is 1.84 bits per heavy atom. The molecule has 9 nitrogen and oxygen atoms in total. The molecule has 1 amide bonds.